The standard InChI is InChI=1S/C20H28O13/c21-6-9-11(22)13(24)15(26)19(31-9)30-7-10-12(23)14(25)16(27)20(32-10)33-17(18(28)29)8-4-2-1-3-5-8/h1-5,9-17,19-27H,6-7H2,(H,28,29)/t9-,10-,11-,12-,13+,14+,15-,16-,17?,19-,20+/m1/s1. The molecule has 2 heterocycles. The third kappa shape index (κ3) is 5.67. The molecule has 8 N–H and O–H groups in total. The molecule has 0 bridgehead atoms. The van der Waals surface area contributed by atoms with Crippen LogP contribution < -0.4 is 0 Å². The van der Waals surface area contributed by atoms with E-state index < -0.39 is 86.7 Å². The molecule has 2 aliphatic heterocycles. The Morgan fingerprint density at radius 1 is 0.818 bits per heavy atom. The summed E-state index contributed by atoms with van der Waals surface area (Å²) in [5, 5.41) is 79.2. The summed E-state index contributed by atoms with van der Waals surface area (Å²) in [4.78, 5) is 11.7. The first kappa shape index (κ1) is 25.9. The lowest BCUT2D eigenvalue weighted by molar-refractivity contribution is -0.335. The Morgan fingerprint density at radius 3 is 1.94 bits per heavy atom. The first-order chi connectivity index (χ1) is 15.6. The minimum absolute atomic E-state index is 0.246. The zero-order valence-electron chi connectivity index (χ0n) is 17.3. The van der Waals surface area contributed by atoms with Crippen LogP contribution in [0.1, 0.15) is 11.7 Å². The molecule has 3 rings (SSSR count). The van der Waals surface area contributed by atoms with Crippen LogP contribution in [0, 0.1) is 0 Å². The third-order valence-corrected chi connectivity index (χ3v) is 5.54. The van der Waals surface area contributed by atoms with Gasteiger partial charge in [-0.05, 0) is 5.56 Å². The van der Waals surface area contributed by atoms with Gasteiger partial charge in [0, 0.05) is 0 Å². The maximum absolute atomic E-state index is 11.7. The molecular weight excluding hydrogens is 448 g/mol. The van der Waals surface area contributed by atoms with Crippen LogP contribution in [0.3, 0.4) is 0 Å². The molecule has 0 amide bonds. The van der Waals surface area contributed by atoms with Gasteiger partial charge >= 0.3 is 5.97 Å². The molecule has 2 aliphatic rings. The smallest absolute Gasteiger partial charge is 0.337 e. The van der Waals surface area contributed by atoms with Gasteiger partial charge in [-0.25, -0.2) is 4.79 Å². The predicted octanol–water partition coefficient (Wildman–Crippen LogP) is -3.55. The number of ether oxygens (including phenoxy) is 4. The molecule has 0 radical (unpaired) electrons. The van der Waals surface area contributed by atoms with Crippen LogP contribution in [0.15, 0.2) is 30.3 Å². The van der Waals surface area contributed by atoms with Crippen molar-refractivity contribution in [3.05, 3.63) is 35.9 Å². The topological polar surface area (TPSA) is 216 Å². The van der Waals surface area contributed by atoms with Gasteiger partial charge in [-0.2, -0.15) is 0 Å². The van der Waals surface area contributed by atoms with E-state index in [2.05, 4.69) is 0 Å². The van der Waals surface area contributed by atoms with Crippen molar-refractivity contribution in [1.29, 1.82) is 0 Å². The van der Waals surface area contributed by atoms with Gasteiger partial charge in [0.15, 0.2) is 18.7 Å². The summed E-state index contributed by atoms with van der Waals surface area (Å²) in [6, 6.07) is 7.81. The van der Waals surface area contributed by atoms with Gasteiger partial charge < -0.3 is 59.8 Å². The van der Waals surface area contributed by atoms with E-state index in [0.29, 0.717) is 0 Å². The van der Waals surface area contributed by atoms with Crippen molar-refractivity contribution in [2.45, 2.75) is 67.5 Å². The third-order valence-electron chi connectivity index (χ3n) is 5.54. The van der Waals surface area contributed by atoms with Gasteiger partial charge in [-0.3, -0.25) is 0 Å². The van der Waals surface area contributed by atoms with Crippen molar-refractivity contribution in [3.63, 3.8) is 0 Å². The molecule has 0 aromatic heterocycles. The minimum atomic E-state index is -1.80. The summed E-state index contributed by atoms with van der Waals surface area (Å²) in [6.45, 7) is -1.24. The normalized spacial score (nSPS) is 40.3. The number of hydrogen-bond acceptors (Lipinski definition) is 12. The molecule has 1 aromatic rings. The first-order valence-electron chi connectivity index (χ1n) is 10.2. The number of carboxylic acids is 1. The van der Waals surface area contributed by atoms with Gasteiger partial charge in [-0.15, -0.1) is 0 Å². The molecule has 0 aliphatic carbocycles. The molecule has 2 fully saturated rings. The SMILES string of the molecule is O=C(O)C(O[C@@H]1O[C@H](CO[C@@H]2O[C@H](CO)[C@@H](O)[C@H](O)[C@H]2O)[C@@H](O)[C@H](O)[C@H]1O)c1ccccc1. The highest BCUT2D eigenvalue weighted by molar-refractivity contribution is 5.74. The summed E-state index contributed by atoms with van der Waals surface area (Å²) in [7, 11) is 0. The lowest BCUT2D eigenvalue weighted by Crippen LogP contribution is -2.61. The van der Waals surface area contributed by atoms with Crippen LogP contribution in [0.25, 0.3) is 0 Å². The summed E-state index contributed by atoms with van der Waals surface area (Å²) in [6.07, 6.45) is -17.6. The van der Waals surface area contributed by atoms with E-state index in [9.17, 15) is 45.6 Å². The Hall–Kier alpha value is -1.75. The summed E-state index contributed by atoms with van der Waals surface area (Å²) >= 11 is 0. The number of aliphatic hydroxyl groups is 7. The van der Waals surface area contributed by atoms with Crippen molar-refractivity contribution < 1.29 is 64.6 Å². The summed E-state index contributed by atoms with van der Waals surface area (Å²) < 4.78 is 21.4. The van der Waals surface area contributed by atoms with Crippen molar-refractivity contribution in [1.82, 2.24) is 0 Å². The second-order valence-corrected chi connectivity index (χ2v) is 7.81. The maximum atomic E-state index is 11.7. The van der Waals surface area contributed by atoms with Crippen LogP contribution in [0.4, 0.5) is 0 Å². The Bertz CT molecular complexity index is 762. The molecule has 2 saturated heterocycles. The molecule has 33 heavy (non-hydrogen) atoms. The second-order valence-electron chi connectivity index (χ2n) is 7.81. The Labute approximate surface area is 187 Å². The molecule has 0 spiro atoms. The number of carbonyl (C=O) groups is 1. The number of benzene rings is 1. The number of aliphatic hydroxyl groups excluding tert-OH is 7. The van der Waals surface area contributed by atoms with Crippen LogP contribution in [-0.4, -0.2) is 121 Å². The van der Waals surface area contributed by atoms with Gasteiger partial charge in [0.2, 0.25) is 0 Å². The fourth-order valence-electron chi connectivity index (χ4n) is 3.60. The van der Waals surface area contributed by atoms with Gasteiger partial charge in [-0.1, -0.05) is 30.3 Å². The average molecular weight is 476 g/mol. The number of carboxylic acid groups (broad SMARTS) is 1. The van der Waals surface area contributed by atoms with Crippen molar-refractivity contribution in [2.24, 2.45) is 0 Å². The molecule has 0 saturated carbocycles. The zero-order chi connectivity index (χ0) is 24.3. The van der Waals surface area contributed by atoms with E-state index in [1.165, 1.54) is 12.1 Å². The van der Waals surface area contributed by atoms with E-state index in [-0.39, 0.29) is 5.56 Å². The predicted molar refractivity (Wildman–Crippen MR) is 104 cm³/mol. The van der Waals surface area contributed by atoms with Crippen LogP contribution in [0.5, 0.6) is 0 Å². The van der Waals surface area contributed by atoms with Gasteiger partial charge in [0.25, 0.3) is 0 Å². The highest BCUT2D eigenvalue weighted by Gasteiger charge is 2.48. The summed E-state index contributed by atoms with van der Waals surface area (Å²) in [5.41, 5.74) is 0.246. The van der Waals surface area contributed by atoms with Gasteiger partial charge in [0.05, 0.1) is 13.2 Å². The Kier molecular flexibility index (Phi) is 8.71. The van der Waals surface area contributed by atoms with Crippen molar-refractivity contribution in [3.8, 4) is 0 Å². The van der Waals surface area contributed by atoms with E-state index in [1.807, 2.05) is 0 Å². The lowest BCUT2D eigenvalue weighted by atomic mass is 9.98. The number of rotatable bonds is 8. The van der Waals surface area contributed by atoms with Crippen molar-refractivity contribution in [2.75, 3.05) is 13.2 Å². The highest BCUT2D eigenvalue weighted by atomic mass is 16.7. The Morgan fingerprint density at radius 2 is 1.36 bits per heavy atom. The maximum Gasteiger partial charge on any atom is 0.337 e. The zero-order valence-corrected chi connectivity index (χ0v) is 17.3. The molecule has 1 unspecified atom stereocenters. The highest BCUT2D eigenvalue weighted by Crippen LogP contribution is 2.29. The molecule has 186 valence electrons. The van der Waals surface area contributed by atoms with E-state index in [0.717, 1.165) is 0 Å². The molecule has 13 nitrogen and oxygen atoms in total. The van der Waals surface area contributed by atoms with E-state index in [4.69, 9.17) is 18.9 Å². The van der Waals surface area contributed by atoms with Crippen LogP contribution >= 0.6 is 0 Å². The van der Waals surface area contributed by atoms with Crippen LogP contribution in [0.2, 0.25) is 0 Å². The van der Waals surface area contributed by atoms with E-state index >= 15 is 0 Å². The average Bonchev–Trinajstić information content (AvgIpc) is 2.81. The first-order valence-corrected chi connectivity index (χ1v) is 10.2. The summed E-state index contributed by atoms with van der Waals surface area (Å²) in [5.74, 6) is -1.38. The van der Waals surface area contributed by atoms with Crippen molar-refractivity contribution >= 4 is 5.97 Å². The Balaban J connectivity index is 1.68. The minimum Gasteiger partial charge on any atom is -0.479 e. The quantitative estimate of drug-likeness (QED) is 0.183. The molecule has 13 heteroatoms. The molecule has 1 aromatic carbocycles. The van der Waals surface area contributed by atoms with Gasteiger partial charge in [0.1, 0.15) is 48.8 Å². The fourth-order valence-corrected chi connectivity index (χ4v) is 3.60. The lowest BCUT2D eigenvalue weighted by Gasteiger charge is -2.43. The van der Waals surface area contributed by atoms with E-state index in [1.54, 1.807) is 18.2 Å². The largest absolute Gasteiger partial charge is 0.479 e. The van der Waals surface area contributed by atoms with Crippen LogP contribution in [-0.2, 0) is 23.7 Å². The number of hydrogen-bond donors (Lipinski definition) is 8. The molecular formula is C20H28O13. The fraction of sp³-hybridized carbons (Fsp3) is 0.650. The molecule has 11 atom stereocenters. The monoisotopic (exact) mass is 476 g/mol. The number of aliphatic carboxylic acids is 1. The second kappa shape index (κ2) is 11.1.